The minimum absolute atomic E-state index is 0.593. The lowest BCUT2D eigenvalue weighted by atomic mass is 10.2. The van der Waals surface area contributed by atoms with Gasteiger partial charge in [-0.15, -0.1) is 5.10 Å². The summed E-state index contributed by atoms with van der Waals surface area (Å²) in [7, 11) is 0. The molecular formula is C15H12N6. The van der Waals surface area contributed by atoms with E-state index in [1.165, 1.54) is 5.56 Å². The van der Waals surface area contributed by atoms with Gasteiger partial charge in [0.2, 0.25) is 5.82 Å². The van der Waals surface area contributed by atoms with Crippen molar-refractivity contribution in [1.82, 2.24) is 30.2 Å². The lowest BCUT2D eigenvalue weighted by Gasteiger charge is -2.02. The third kappa shape index (κ3) is 1.97. The van der Waals surface area contributed by atoms with E-state index >= 15 is 0 Å². The molecule has 2 aromatic heterocycles. The summed E-state index contributed by atoms with van der Waals surface area (Å²) >= 11 is 0. The van der Waals surface area contributed by atoms with Crippen LogP contribution in [0.4, 0.5) is 0 Å². The standard InChI is InChI=1S/C15H12N6/c1-10-6-8-11(9-7-10)21-15(18-19-20-21)14-16-12-4-2-3-5-13(12)17-14/h2-9H,1H3,(H,16,17). The molecule has 2 heterocycles. The molecule has 0 saturated heterocycles. The second-order valence-corrected chi connectivity index (χ2v) is 4.85. The fourth-order valence-corrected chi connectivity index (χ4v) is 2.25. The molecule has 4 aromatic rings. The predicted molar refractivity (Wildman–Crippen MR) is 79.0 cm³/mol. The highest BCUT2D eigenvalue weighted by Crippen LogP contribution is 2.20. The van der Waals surface area contributed by atoms with Crippen LogP contribution in [0, 0.1) is 6.92 Å². The van der Waals surface area contributed by atoms with Gasteiger partial charge in [0.15, 0.2) is 5.82 Å². The van der Waals surface area contributed by atoms with Crippen molar-refractivity contribution in [3.8, 4) is 17.3 Å². The quantitative estimate of drug-likeness (QED) is 0.610. The molecule has 0 unspecified atom stereocenters. The van der Waals surface area contributed by atoms with E-state index in [0.29, 0.717) is 11.6 Å². The molecule has 0 aliphatic heterocycles. The van der Waals surface area contributed by atoms with Gasteiger partial charge in [0, 0.05) is 0 Å². The number of fused-ring (bicyclic) bond motifs is 1. The van der Waals surface area contributed by atoms with Gasteiger partial charge in [-0.05, 0) is 41.6 Å². The number of nitrogens with zero attached hydrogens (tertiary/aromatic N) is 5. The van der Waals surface area contributed by atoms with Crippen LogP contribution in [0.3, 0.4) is 0 Å². The van der Waals surface area contributed by atoms with Crippen molar-refractivity contribution in [2.45, 2.75) is 6.92 Å². The number of rotatable bonds is 2. The summed E-state index contributed by atoms with van der Waals surface area (Å²) in [6.07, 6.45) is 0. The first-order valence-corrected chi connectivity index (χ1v) is 6.62. The summed E-state index contributed by atoms with van der Waals surface area (Å²) in [6, 6.07) is 15.9. The Bertz CT molecular complexity index is 870. The van der Waals surface area contributed by atoms with E-state index in [9.17, 15) is 0 Å². The number of H-pyrrole nitrogens is 1. The number of hydrogen-bond acceptors (Lipinski definition) is 4. The molecule has 0 bridgehead atoms. The van der Waals surface area contributed by atoms with Crippen LogP contribution in [0.5, 0.6) is 0 Å². The number of nitrogens with one attached hydrogen (secondary N) is 1. The average Bonchev–Trinajstić information content (AvgIpc) is 3.14. The zero-order chi connectivity index (χ0) is 14.2. The van der Waals surface area contributed by atoms with Gasteiger partial charge in [0.05, 0.1) is 16.7 Å². The van der Waals surface area contributed by atoms with Crippen LogP contribution >= 0.6 is 0 Å². The van der Waals surface area contributed by atoms with Gasteiger partial charge < -0.3 is 4.98 Å². The van der Waals surface area contributed by atoms with Crippen LogP contribution in [0.2, 0.25) is 0 Å². The van der Waals surface area contributed by atoms with Gasteiger partial charge in [-0.1, -0.05) is 29.8 Å². The molecule has 0 amide bonds. The van der Waals surface area contributed by atoms with E-state index in [-0.39, 0.29) is 0 Å². The second-order valence-electron chi connectivity index (χ2n) is 4.85. The number of tetrazole rings is 1. The fourth-order valence-electron chi connectivity index (χ4n) is 2.25. The highest BCUT2D eigenvalue weighted by molar-refractivity contribution is 5.78. The van der Waals surface area contributed by atoms with Crippen LogP contribution in [0.25, 0.3) is 28.4 Å². The van der Waals surface area contributed by atoms with Gasteiger partial charge in [-0.2, -0.15) is 4.68 Å². The van der Waals surface area contributed by atoms with E-state index in [1.807, 2.05) is 55.5 Å². The Morgan fingerprint density at radius 2 is 1.81 bits per heavy atom. The Morgan fingerprint density at radius 1 is 1.00 bits per heavy atom. The first kappa shape index (κ1) is 11.8. The fraction of sp³-hybridized carbons (Fsp3) is 0.0667. The summed E-state index contributed by atoms with van der Waals surface area (Å²) in [6.45, 7) is 2.05. The number of imidazole rings is 1. The summed E-state index contributed by atoms with van der Waals surface area (Å²) in [5.41, 5.74) is 3.95. The predicted octanol–water partition coefficient (Wildman–Crippen LogP) is 2.51. The van der Waals surface area contributed by atoms with Crippen LogP contribution in [-0.2, 0) is 0 Å². The number of aromatic amines is 1. The number of benzene rings is 2. The topological polar surface area (TPSA) is 72.3 Å². The lowest BCUT2D eigenvalue weighted by Crippen LogP contribution is -2.00. The third-order valence-electron chi connectivity index (χ3n) is 3.35. The highest BCUT2D eigenvalue weighted by atomic mass is 15.5. The largest absolute Gasteiger partial charge is 0.335 e. The monoisotopic (exact) mass is 276 g/mol. The molecular weight excluding hydrogens is 264 g/mol. The first-order valence-electron chi connectivity index (χ1n) is 6.62. The second kappa shape index (κ2) is 4.52. The summed E-state index contributed by atoms with van der Waals surface area (Å²) in [5.74, 6) is 1.25. The Labute approximate surface area is 120 Å². The van der Waals surface area contributed by atoms with E-state index in [0.717, 1.165) is 16.7 Å². The van der Waals surface area contributed by atoms with Crippen LogP contribution in [0.15, 0.2) is 48.5 Å². The number of aromatic nitrogens is 6. The lowest BCUT2D eigenvalue weighted by molar-refractivity contribution is 0.790. The number of aryl methyl sites for hydroxylation is 1. The molecule has 102 valence electrons. The van der Waals surface area contributed by atoms with Crippen LogP contribution in [-0.4, -0.2) is 30.2 Å². The van der Waals surface area contributed by atoms with Crippen molar-refractivity contribution < 1.29 is 0 Å². The Kier molecular flexibility index (Phi) is 2.53. The van der Waals surface area contributed by atoms with E-state index in [1.54, 1.807) is 4.68 Å². The van der Waals surface area contributed by atoms with Crippen molar-refractivity contribution in [1.29, 1.82) is 0 Å². The van der Waals surface area contributed by atoms with E-state index in [2.05, 4.69) is 25.5 Å². The summed E-state index contributed by atoms with van der Waals surface area (Å²) < 4.78 is 1.68. The molecule has 6 heteroatoms. The smallest absolute Gasteiger partial charge is 0.222 e. The molecule has 0 aliphatic carbocycles. The molecule has 0 fully saturated rings. The molecule has 6 nitrogen and oxygen atoms in total. The van der Waals surface area contributed by atoms with Gasteiger partial charge in [0.1, 0.15) is 0 Å². The SMILES string of the molecule is Cc1ccc(-n2nnnc2-c2nc3ccccc3[nH]2)cc1. The van der Waals surface area contributed by atoms with Crippen LogP contribution < -0.4 is 0 Å². The number of hydrogen-bond donors (Lipinski definition) is 1. The molecule has 0 atom stereocenters. The summed E-state index contributed by atoms with van der Waals surface area (Å²) in [4.78, 5) is 7.79. The first-order chi connectivity index (χ1) is 10.3. The number of para-hydroxylation sites is 2. The molecule has 0 saturated carbocycles. The van der Waals surface area contributed by atoms with Gasteiger partial charge >= 0.3 is 0 Å². The zero-order valence-corrected chi connectivity index (χ0v) is 11.4. The normalized spacial score (nSPS) is 11.1. The van der Waals surface area contributed by atoms with Gasteiger partial charge in [-0.3, -0.25) is 0 Å². The molecule has 0 aliphatic rings. The Morgan fingerprint density at radius 3 is 2.62 bits per heavy atom. The average molecular weight is 276 g/mol. The van der Waals surface area contributed by atoms with Crippen LogP contribution in [0.1, 0.15) is 5.56 Å². The minimum atomic E-state index is 0.593. The molecule has 1 N–H and O–H groups in total. The maximum Gasteiger partial charge on any atom is 0.222 e. The van der Waals surface area contributed by atoms with E-state index < -0.39 is 0 Å². The van der Waals surface area contributed by atoms with Crippen molar-refractivity contribution in [2.24, 2.45) is 0 Å². The maximum atomic E-state index is 4.54. The molecule has 21 heavy (non-hydrogen) atoms. The summed E-state index contributed by atoms with van der Waals surface area (Å²) in [5, 5.41) is 11.9. The molecule has 0 spiro atoms. The zero-order valence-electron chi connectivity index (χ0n) is 11.4. The van der Waals surface area contributed by atoms with Gasteiger partial charge in [-0.25, -0.2) is 4.98 Å². The van der Waals surface area contributed by atoms with Crippen molar-refractivity contribution in [3.63, 3.8) is 0 Å². The van der Waals surface area contributed by atoms with E-state index in [4.69, 9.17) is 0 Å². The Balaban J connectivity index is 1.86. The van der Waals surface area contributed by atoms with Crippen molar-refractivity contribution in [3.05, 3.63) is 54.1 Å². The molecule has 4 rings (SSSR count). The minimum Gasteiger partial charge on any atom is -0.335 e. The molecule has 2 aromatic carbocycles. The van der Waals surface area contributed by atoms with Crippen molar-refractivity contribution >= 4 is 11.0 Å². The molecule has 0 radical (unpaired) electrons. The highest BCUT2D eigenvalue weighted by Gasteiger charge is 2.14. The third-order valence-corrected chi connectivity index (χ3v) is 3.35. The maximum absolute atomic E-state index is 4.54. The van der Waals surface area contributed by atoms with Gasteiger partial charge in [0.25, 0.3) is 0 Å². The Hall–Kier alpha value is -3.02. The van der Waals surface area contributed by atoms with Crippen molar-refractivity contribution in [2.75, 3.05) is 0 Å².